The number of carbonyl (C=O) groups is 1. The molecule has 0 aliphatic heterocycles. The molecule has 80 valence electrons. The number of hydrogen-bond acceptors (Lipinski definition) is 3. The molecule has 0 N–H and O–H groups in total. The number of aryl methyl sites for hydroxylation is 1. The van der Waals surface area contributed by atoms with Crippen molar-refractivity contribution in [1.82, 2.24) is 4.98 Å². The summed E-state index contributed by atoms with van der Waals surface area (Å²) in [5, 5.41) is -0.359. The summed E-state index contributed by atoms with van der Waals surface area (Å²) in [5.74, 6) is -0.509. The zero-order valence-corrected chi connectivity index (χ0v) is 9.20. The molecule has 3 nitrogen and oxygen atoms in total. The number of nitrogens with zero attached hydrogens (tertiary/aromatic N) is 1. The van der Waals surface area contributed by atoms with Crippen molar-refractivity contribution in [2.45, 2.75) is 18.2 Å². The SMILES string of the molecule is COC(=O)C1CCc2cccnc2C1Cl. The second kappa shape index (κ2) is 4.19. The van der Waals surface area contributed by atoms with Gasteiger partial charge in [-0.2, -0.15) is 0 Å². The van der Waals surface area contributed by atoms with Gasteiger partial charge < -0.3 is 4.74 Å². The van der Waals surface area contributed by atoms with Gasteiger partial charge in [0.15, 0.2) is 0 Å². The lowest BCUT2D eigenvalue weighted by atomic mass is 9.86. The van der Waals surface area contributed by atoms with Crippen molar-refractivity contribution in [3.8, 4) is 0 Å². The number of halogens is 1. The zero-order chi connectivity index (χ0) is 10.8. The molecule has 1 aliphatic carbocycles. The number of hydrogen-bond donors (Lipinski definition) is 0. The fourth-order valence-electron chi connectivity index (χ4n) is 1.95. The zero-order valence-electron chi connectivity index (χ0n) is 8.44. The molecule has 1 heterocycles. The van der Waals surface area contributed by atoms with E-state index in [0.717, 1.165) is 24.1 Å². The van der Waals surface area contributed by atoms with Crippen LogP contribution in [0.3, 0.4) is 0 Å². The third-order valence-electron chi connectivity index (χ3n) is 2.77. The average molecular weight is 226 g/mol. The van der Waals surface area contributed by atoms with Gasteiger partial charge in [0.05, 0.1) is 24.1 Å². The average Bonchev–Trinajstić information content (AvgIpc) is 2.29. The Labute approximate surface area is 93.4 Å². The van der Waals surface area contributed by atoms with E-state index in [1.165, 1.54) is 7.11 Å². The van der Waals surface area contributed by atoms with Crippen LogP contribution >= 0.6 is 11.6 Å². The lowest BCUT2D eigenvalue weighted by Gasteiger charge is -2.26. The first-order valence-corrected chi connectivity index (χ1v) is 5.33. The third kappa shape index (κ3) is 1.84. The van der Waals surface area contributed by atoms with Gasteiger partial charge in [-0.15, -0.1) is 11.6 Å². The number of rotatable bonds is 1. The Morgan fingerprint density at radius 1 is 1.67 bits per heavy atom. The summed E-state index contributed by atoms with van der Waals surface area (Å²) in [7, 11) is 1.39. The molecule has 1 aromatic rings. The minimum absolute atomic E-state index is 0.244. The lowest BCUT2D eigenvalue weighted by molar-refractivity contribution is -0.146. The van der Waals surface area contributed by atoms with Crippen LogP contribution < -0.4 is 0 Å². The van der Waals surface area contributed by atoms with E-state index in [9.17, 15) is 4.79 Å². The maximum atomic E-state index is 11.5. The van der Waals surface area contributed by atoms with Gasteiger partial charge in [-0.05, 0) is 24.5 Å². The highest BCUT2D eigenvalue weighted by molar-refractivity contribution is 6.22. The van der Waals surface area contributed by atoms with Crippen LogP contribution in [0.2, 0.25) is 0 Å². The van der Waals surface area contributed by atoms with Gasteiger partial charge in [0, 0.05) is 6.20 Å². The molecule has 0 aromatic carbocycles. The Kier molecular flexibility index (Phi) is 2.91. The van der Waals surface area contributed by atoms with E-state index >= 15 is 0 Å². The van der Waals surface area contributed by atoms with Gasteiger partial charge >= 0.3 is 5.97 Å². The Morgan fingerprint density at radius 3 is 3.20 bits per heavy atom. The highest BCUT2D eigenvalue weighted by Crippen LogP contribution is 2.38. The quantitative estimate of drug-likeness (QED) is 0.543. The van der Waals surface area contributed by atoms with Crippen molar-refractivity contribution in [2.75, 3.05) is 7.11 Å². The Bertz CT molecular complexity index is 381. The second-order valence-corrected chi connectivity index (χ2v) is 4.09. The third-order valence-corrected chi connectivity index (χ3v) is 3.28. The van der Waals surface area contributed by atoms with E-state index in [-0.39, 0.29) is 17.3 Å². The molecule has 2 atom stereocenters. The summed E-state index contributed by atoms with van der Waals surface area (Å²) >= 11 is 6.22. The van der Waals surface area contributed by atoms with Gasteiger partial charge in [0.25, 0.3) is 0 Å². The highest BCUT2D eigenvalue weighted by Gasteiger charge is 2.34. The van der Waals surface area contributed by atoms with Crippen LogP contribution in [0, 0.1) is 5.92 Å². The Morgan fingerprint density at radius 2 is 2.47 bits per heavy atom. The van der Waals surface area contributed by atoms with E-state index in [1.807, 2.05) is 12.1 Å². The fraction of sp³-hybridized carbons (Fsp3) is 0.455. The monoisotopic (exact) mass is 225 g/mol. The van der Waals surface area contributed by atoms with E-state index < -0.39 is 0 Å². The molecule has 1 aromatic heterocycles. The van der Waals surface area contributed by atoms with Gasteiger partial charge in [0.2, 0.25) is 0 Å². The second-order valence-electron chi connectivity index (χ2n) is 3.62. The first kappa shape index (κ1) is 10.4. The molecule has 15 heavy (non-hydrogen) atoms. The van der Waals surface area contributed by atoms with Crippen LogP contribution in [-0.2, 0) is 16.0 Å². The number of pyridine rings is 1. The minimum Gasteiger partial charge on any atom is -0.469 e. The molecule has 2 unspecified atom stereocenters. The molecule has 0 bridgehead atoms. The molecule has 0 spiro atoms. The summed E-state index contributed by atoms with van der Waals surface area (Å²) in [6, 6.07) is 3.89. The summed E-state index contributed by atoms with van der Waals surface area (Å²) in [6.07, 6.45) is 3.28. The topological polar surface area (TPSA) is 39.2 Å². The lowest BCUT2D eigenvalue weighted by Crippen LogP contribution is -2.26. The largest absolute Gasteiger partial charge is 0.469 e. The molecule has 4 heteroatoms. The van der Waals surface area contributed by atoms with Crippen molar-refractivity contribution >= 4 is 17.6 Å². The molecule has 2 rings (SSSR count). The highest BCUT2D eigenvalue weighted by atomic mass is 35.5. The molecule has 1 aliphatic rings. The summed E-state index contributed by atoms with van der Waals surface area (Å²) in [5.41, 5.74) is 1.96. The number of carbonyl (C=O) groups excluding carboxylic acids is 1. The number of esters is 1. The molecular formula is C11H12ClNO2. The van der Waals surface area contributed by atoms with E-state index in [1.54, 1.807) is 6.20 Å². The van der Waals surface area contributed by atoms with Crippen molar-refractivity contribution in [2.24, 2.45) is 5.92 Å². The van der Waals surface area contributed by atoms with Crippen LogP contribution in [0.4, 0.5) is 0 Å². The van der Waals surface area contributed by atoms with Gasteiger partial charge in [-0.25, -0.2) is 0 Å². The van der Waals surface area contributed by atoms with Crippen molar-refractivity contribution in [3.05, 3.63) is 29.6 Å². The Hall–Kier alpha value is -1.09. The standard InChI is InChI=1S/C11H12ClNO2/c1-15-11(14)8-5-4-7-3-2-6-13-10(7)9(8)12/h2-3,6,8-9H,4-5H2,1H3. The molecule has 0 saturated heterocycles. The van der Waals surface area contributed by atoms with Crippen LogP contribution in [0.1, 0.15) is 23.1 Å². The maximum absolute atomic E-state index is 11.5. The van der Waals surface area contributed by atoms with E-state index in [2.05, 4.69) is 4.98 Å². The molecule has 0 saturated carbocycles. The van der Waals surface area contributed by atoms with Gasteiger partial charge in [0.1, 0.15) is 0 Å². The Balaban J connectivity index is 2.29. The molecular weight excluding hydrogens is 214 g/mol. The smallest absolute Gasteiger partial charge is 0.310 e. The summed E-state index contributed by atoms with van der Waals surface area (Å²) < 4.78 is 4.72. The molecule has 0 radical (unpaired) electrons. The van der Waals surface area contributed by atoms with Crippen molar-refractivity contribution < 1.29 is 9.53 Å². The number of fused-ring (bicyclic) bond motifs is 1. The van der Waals surface area contributed by atoms with Crippen molar-refractivity contribution in [1.29, 1.82) is 0 Å². The maximum Gasteiger partial charge on any atom is 0.310 e. The van der Waals surface area contributed by atoms with Crippen LogP contribution in [0.5, 0.6) is 0 Å². The van der Waals surface area contributed by atoms with Crippen LogP contribution in [0.15, 0.2) is 18.3 Å². The summed E-state index contributed by atoms with van der Waals surface area (Å²) in [4.78, 5) is 15.7. The van der Waals surface area contributed by atoms with Crippen molar-refractivity contribution in [3.63, 3.8) is 0 Å². The number of methoxy groups -OCH3 is 1. The van der Waals surface area contributed by atoms with Crippen LogP contribution in [-0.4, -0.2) is 18.1 Å². The fourth-order valence-corrected chi connectivity index (χ4v) is 2.37. The summed E-state index contributed by atoms with van der Waals surface area (Å²) in [6.45, 7) is 0. The number of alkyl halides is 1. The minimum atomic E-state index is -0.359. The van der Waals surface area contributed by atoms with Gasteiger partial charge in [-0.1, -0.05) is 6.07 Å². The molecule has 0 amide bonds. The first-order chi connectivity index (χ1) is 7.24. The molecule has 0 fully saturated rings. The predicted octanol–water partition coefficient (Wildman–Crippen LogP) is 2.10. The van der Waals surface area contributed by atoms with E-state index in [0.29, 0.717) is 0 Å². The predicted molar refractivity (Wildman–Crippen MR) is 56.7 cm³/mol. The van der Waals surface area contributed by atoms with Gasteiger partial charge in [-0.3, -0.25) is 9.78 Å². The normalized spacial score (nSPS) is 24.4. The van der Waals surface area contributed by atoms with E-state index in [4.69, 9.17) is 16.3 Å². The number of ether oxygens (including phenoxy) is 1. The first-order valence-electron chi connectivity index (χ1n) is 4.89. The van der Waals surface area contributed by atoms with Crippen LogP contribution in [0.25, 0.3) is 0 Å². The number of aromatic nitrogens is 1.